The van der Waals surface area contributed by atoms with E-state index in [2.05, 4.69) is 4.98 Å². The first kappa shape index (κ1) is 15.6. The number of amides is 1. The van der Waals surface area contributed by atoms with E-state index in [1.54, 1.807) is 24.8 Å². The van der Waals surface area contributed by atoms with Gasteiger partial charge in [-0.15, -0.1) is 0 Å². The quantitative estimate of drug-likeness (QED) is 0.849. The van der Waals surface area contributed by atoms with Gasteiger partial charge in [-0.2, -0.15) is 13.2 Å². The number of hydrogen-bond donors (Lipinski definition) is 0. The largest absolute Gasteiger partial charge is 0.445 e. The Morgan fingerprint density at radius 3 is 2.57 bits per heavy atom. The summed E-state index contributed by atoms with van der Waals surface area (Å²) >= 11 is 0. The Bertz CT molecular complexity index is 746. The second-order valence-corrected chi connectivity index (χ2v) is 5.67. The van der Waals surface area contributed by atoms with Crippen molar-refractivity contribution in [2.24, 2.45) is 0 Å². The fourth-order valence-corrected chi connectivity index (χ4v) is 2.70. The first-order chi connectivity index (χ1) is 10.8. The van der Waals surface area contributed by atoms with Crippen LogP contribution >= 0.6 is 0 Å². The maximum atomic E-state index is 12.7. The number of alkyl halides is 3. The number of carbonyl (C=O) groups excluding carboxylic acids is 1. The summed E-state index contributed by atoms with van der Waals surface area (Å²) in [6.45, 7) is 4.08. The van der Waals surface area contributed by atoms with Gasteiger partial charge in [0, 0.05) is 25.9 Å². The molecule has 0 spiro atoms. The number of benzene rings is 1. The third kappa shape index (κ3) is 2.95. The van der Waals surface area contributed by atoms with Crippen LogP contribution in [-0.2, 0) is 6.18 Å². The zero-order valence-electron chi connectivity index (χ0n) is 12.6. The van der Waals surface area contributed by atoms with Crippen LogP contribution in [0.1, 0.15) is 39.2 Å². The standard InChI is InChI=1S/C16H15F3N2O2/c1-9-14(20-10(2)23-9)15(22)21-7-12(8-21)11-4-3-5-13(6-11)16(17,18)19/h3-6,12H,7-8H2,1-2H3. The number of oxazole rings is 1. The number of rotatable bonds is 2. The van der Waals surface area contributed by atoms with Gasteiger partial charge in [0.1, 0.15) is 5.76 Å². The van der Waals surface area contributed by atoms with Gasteiger partial charge in [-0.3, -0.25) is 4.79 Å². The van der Waals surface area contributed by atoms with E-state index in [9.17, 15) is 18.0 Å². The molecule has 1 aromatic carbocycles. The Morgan fingerprint density at radius 1 is 1.30 bits per heavy atom. The van der Waals surface area contributed by atoms with Gasteiger partial charge in [0.05, 0.1) is 5.56 Å². The van der Waals surface area contributed by atoms with Crippen LogP contribution in [0.3, 0.4) is 0 Å². The molecule has 1 aliphatic heterocycles. The van der Waals surface area contributed by atoms with Crippen LogP contribution in [0, 0.1) is 13.8 Å². The van der Waals surface area contributed by atoms with Crippen LogP contribution in [0.5, 0.6) is 0 Å². The van der Waals surface area contributed by atoms with E-state index in [0.29, 0.717) is 30.3 Å². The van der Waals surface area contributed by atoms with E-state index >= 15 is 0 Å². The van der Waals surface area contributed by atoms with Crippen LogP contribution in [0.25, 0.3) is 0 Å². The molecule has 0 saturated carbocycles. The molecule has 4 nitrogen and oxygen atoms in total. The van der Waals surface area contributed by atoms with Crippen LogP contribution in [0.15, 0.2) is 28.7 Å². The highest BCUT2D eigenvalue weighted by atomic mass is 19.4. The van der Waals surface area contributed by atoms with E-state index in [-0.39, 0.29) is 17.5 Å². The Balaban J connectivity index is 1.70. The van der Waals surface area contributed by atoms with Gasteiger partial charge in [-0.1, -0.05) is 18.2 Å². The first-order valence-electron chi connectivity index (χ1n) is 7.16. The minimum absolute atomic E-state index is 0.0884. The molecule has 1 aliphatic rings. The highest BCUT2D eigenvalue weighted by Gasteiger charge is 2.36. The Hall–Kier alpha value is -2.31. The van der Waals surface area contributed by atoms with Crippen molar-refractivity contribution in [2.45, 2.75) is 25.9 Å². The molecular weight excluding hydrogens is 309 g/mol. The van der Waals surface area contributed by atoms with Crippen LogP contribution in [0.2, 0.25) is 0 Å². The second-order valence-electron chi connectivity index (χ2n) is 5.67. The van der Waals surface area contributed by atoms with E-state index < -0.39 is 11.7 Å². The van der Waals surface area contributed by atoms with Crippen molar-refractivity contribution in [1.82, 2.24) is 9.88 Å². The summed E-state index contributed by atoms with van der Waals surface area (Å²) in [5.74, 6) is 0.535. The maximum absolute atomic E-state index is 12.7. The molecule has 1 saturated heterocycles. The molecule has 0 bridgehead atoms. The fourth-order valence-electron chi connectivity index (χ4n) is 2.70. The number of halogens is 3. The van der Waals surface area contributed by atoms with Crippen molar-refractivity contribution in [1.29, 1.82) is 0 Å². The molecule has 0 radical (unpaired) electrons. The summed E-state index contributed by atoms with van der Waals surface area (Å²) in [5, 5.41) is 0. The molecule has 2 heterocycles. The minimum Gasteiger partial charge on any atom is -0.445 e. The number of nitrogens with zero attached hydrogens (tertiary/aromatic N) is 2. The highest BCUT2D eigenvalue weighted by Crippen LogP contribution is 2.34. The average Bonchev–Trinajstić information content (AvgIpc) is 2.75. The van der Waals surface area contributed by atoms with Gasteiger partial charge in [0.2, 0.25) is 0 Å². The lowest BCUT2D eigenvalue weighted by atomic mass is 9.90. The van der Waals surface area contributed by atoms with Crippen LogP contribution < -0.4 is 0 Å². The third-order valence-corrected chi connectivity index (χ3v) is 3.96. The van der Waals surface area contributed by atoms with Gasteiger partial charge in [-0.05, 0) is 18.6 Å². The topological polar surface area (TPSA) is 46.3 Å². The van der Waals surface area contributed by atoms with E-state index in [1.807, 2.05) is 0 Å². The number of aryl methyl sites for hydroxylation is 2. The van der Waals surface area contributed by atoms with Crippen molar-refractivity contribution in [3.63, 3.8) is 0 Å². The molecule has 0 atom stereocenters. The normalized spacial score (nSPS) is 15.6. The van der Waals surface area contributed by atoms with E-state index in [0.717, 1.165) is 12.1 Å². The number of aromatic nitrogens is 1. The zero-order chi connectivity index (χ0) is 16.8. The molecule has 7 heteroatoms. The molecule has 1 amide bonds. The van der Waals surface area contributed by atoms with Crippen LogP contribution in [0.4, 0.5) is 13.2 Å². The van der Waals surface area contributed by atoms with Gasteiger partial charge in [0.15, 0.2) is 11.6 Å². The molecular formula is C16H15F3N2O2. The maximum Gasteiger partial charge on any atom is 0.416 e. The molecule has 0 aliphatic carbocycles. The first-order valence-corrected chi connectivity index (χ1v) is 7.16. The summed E-state index contributed by atoms with van der Waals surface area (Å²) in [7, 11) is 0. The van der Waals surface area contributed by atoms with E-state index in [1.165, 1.54) is 6.07 Å². The summed E-state index contributed by atoms with van der Waals surface area (Å²) in [6, 6.07) is 5.26. The monoisotopic (exact) mass is 324 g/mol. The number of hydrogen-bond acceptors (Lipinski definition) is 3. The molecule has 2 aromatic rings. The van der Waals surface area contributed by atoms with Crippen molar-refractivity contribution >= 4 is 5.91 Å². The zero-order valence-corrected chi connectivity index (χ0v) is 12.6. The third-order valence-electron chi connectivity index (χ3n) is 3.96. The summed E-state index contributed by atoms with van der Waals surface area (Å²) in [6.07, 6.45) is -4.36. The smallest absolute Gasteiger partial charge is 0.416 e. The lowest BCUT2D eigenvalue weighted by Gasteiger charge is -2.39. The molecule has 1 aromatic heterocycles. The van der Waals surface area contributed by atoms with Gasteiger partial charge in [-0.25, -0.2) is 4.98 Å². The number of carbonyl (C=O) groups is 1. The van der Waals surface area contributed by atoms with Crippen molar-refractivity contribution in [2.75, 3.05) is 13.1 Å². The minimum atomic E-state index is -4.36. The van der Waals surface area contributed by atoms with E-state index in [4.69, 9.17) is 4.42 Å². The predicted molar refractivity (Wildman–Crippen MR) is 76.1 cm³/mol. The predicted octanol–water partition coefficient (Wildman–Crippen LogP) is 3.55. The van der Waals surface area contributed by atoms with Crippen molar-refractivity contribution in [3.05, 3.63) is 52.7 Å². The average molecular weight is 324 g/mol. The van der Waals surface area contributed by atoms with Crippen molar-refractivity contribution < 1.29 is 22.4 Å². The van der Waals surface area contributed by atoms with Gasteiger partial charge < -0.3 is 9.32 Å². The summed E-state index contributed by atoms with van der Waals surface area (Å²) in [4.78, 5) is 17.9. The molecule has 0 N–H and O–H groups in total. The highest BCUT2D eigenvalue weighted by molar-refractivity contribution is 5.93. The molecule has 0 unspecified atom stereocenters. The van der Waals surface area contributed by atoms with Gasteiger partial charge >= 0.3 is 6.18 Å². The second kappa shape index (κ2) is 5.40. The Kier molecular flexibility index (Phi) is 3.66. The van der Waals surface area contributed by atoms with Crippen LogP contribution in [-0.4, -0.2) is 28.9 Å². The lowest BCUT2D eigenvalue weighted by molar-refractivity contribution is -0.137. The Morgan fingerprint density at radius 2 is 2.00 bits per heavy atom. The molecule has 1 fully saturated rings. The lowest BCUT2D eigenvalue weighted by Crippen LogP contribution is -2.48. The SMILES string of the molecule is Cc1nc(C(=O)N2CC(c3cccc(C(F)(F)F)c3)C2)c(C)o1. The van der Waals surface area contributed by atoms with Crippen molar-refractivity contribution in [3.8, 4) is 0 Å². The Labute approximate surface area is 130 Å². The summed E-state index contributed by atoms with van der Waals surface area (Å²) in [5.41, 5.74) is 0.199. The van der Waals surface area contributed by atoms with Gasteiger partial charge in [0.25, 0.3) is 5.91 Å². The molecule has 3 rings (SSSR count). The fraction of sp³-hybridized carbons (Fsp3) is 0.375. The summed E-state index contributed by atoms with van der Waals surface area (Å²) < 4.78 is 43.5. The molecule has 122 valence electrons. The number of likely N-dealkylation sites (tertiary alicyclic amines) is 1. The molecule has 23 heavy (non-hydrogen) atoms.